The molecule has 0 radical (unpaired) electrons. The molecule has 2 heterocycles. The van der Waals surface area contributed by atoms with Crippen molar-refractivity contribution in [3.05, 3.63) is 106 Å². The van der Waals surface area contributed by atoms with Crippen LogP contribution in [-0.4, -0.2) is 36.0 Å². The Labute approximate surface area is 206 Å². The quantitative estimate of drug-likeness (QED) is 0.499. The summed E-state index contributed by atoms with van der Waals surface area (Å²) in [5.41, 5.74) is -0.244. The van der Waals surface area contributed by atoms with Gasteiger partial charge in [0.2, 0.25) is 0 Å². The summed E-state index contributed by atoms with van der Waals surface area (Å²) in [6, 6.07) is 16.1. The Hall–Kier alpha value is -4.46. The largest absolute Gasteiger partial charge is 0.508 e. The highest BCUT2D eigenvalue weighted by Crippen LogP contribution is 2.66. The van der Waals surface area contributed by atoms with E-state index in [0.717, 1.165) is 11.1 Å². The number of aromatic hydroxyl groups is 2. The van der Waals surface area contributed by atoms with Gasteiger partial charge in [-0.3, -0.25) is 0 Å². The fraction of sp³-hybridized carbons (Fsp3) is 0.214. The smallest absolute Gasteiger partial charge is 0.339 e. The van der Waals surface area contributed by atoms with Gasteiger partial charge in [-0.25, -0.2) is 9.59 Å². The summed E-state index contributed by atoms with van der Waals surface area (Å²) in [7, 11) is 2.94. The molecule has 2 aromatic carbocycles. The lowest BCUT2D eigenvalue weighted by Crippen LogP contribution is -2.63. The zero-order valence-electron chi connectivity index (χ0n) is 19.6. The number of carbonyl (C=O) groups excluding carboxylic acids is 1. The molecule has 1 fully saturated rings. The molecule has 0 amide bonds. The standard InChI is InChI=1S/C28H24O8/c1-33-20-13-22(35-23(31)14-20)27-25(17-5-9-19(30)10-6-17)26-21(34-2)15-24(32)36-28(26,27)12-11-16-3-7-18(29)8-4-16/h3-15,25-27,29-30H,1-2H3/t25-,26+,27+,28+/m0/s1. The van der Waals surface area contributed by atoms with Crippen LogP contribution in [0.2, 0.25) is 0 Å². The fourth-order valence-electron chi connectivity index (χ4n) is 5.23. The van der Waals surface area contributed by atoms with Crippen LogP contribution in [0.4, 0.5) is 0 Å². The van der Waals surface area contributed by atoms with E-state index in [1.165, 1.54) is 26.4 Å². The minimum atomic E-state index is -1.25. The first kappa shape index (κ1) is 23.3. The van der Waals surface area contributed by atoms with Gasteiger partial charge < -0.3 is 28.8 Å². The Bertz CT molecular complexity index is 1400. The number of esters is 1. The number of carbonyl (C=O) groups is 1. The van der Waals surface area contributed by atoms with E-state index < -0.39 is 29.0 Å². The summed E-state index contributed by atoms with van der Waals surface area (Å²) in [6.45, 7) is 0. The minimum Gasteiger partial charge on any atom is -0.508 e. The molecule has 0 saturated heterocycles. The van der Waals surface area contributed by atoms with Gasteiger partial charge in [-0.05, 0) is 41.5 Å². The highest BCUT2D eigenvalue weighted by atomic mass is 16.6. The monoisotopic (exact) mass is 488 g/mol. The first-order chi connectivity index (χ1) is 17.3. The number of ether oxygens (including phenoxy) is 3. The van der Waals surface area contributed by atoms with Gasteiger partial charge in [0.25, 0.3) is 0 Å². The van der Waals surface area contributed by atoms with Crippen molar-refractivity contribution in [2.75, 3.05) is 14.2 Å². The SMILES string of the molecule is COC1=CC(=O)O[C@]2(C=Cc3ccc(O)cc3)[C@H]1[C@H](c1ccc(O)cc1)[C@H]2c1cc(OC)cc(=O)o1. The maximum Gasteiger partial charge on any atom is 0.339 e. The number of phenols is 2. The molecule has 4 atom stereocenters. The normalized spacial score (nSPS) is 24.9. The molecule has 0 bridgehead atoms. The van der Waals surface area contributed by atoms with Gasteiger partial charge in [0.15, 0.2) is 5.60 Å². The maximum atomic E-state index is 12.7. The van der Waals surface area contributed by atoms with E-state index in [1.54, 1.807) is 66.7 Å². The molecule has 1 aliphatic carbocycles. The average Bonchev–Trinajstić information content (AvgIpc) is 2.85. The van der Waals surface area contributed by atoms with E-state index in [0.29, 0.717) is 11.5 Å². The third-order valence-corrected chi connectivity index (χ3v) is 6.78. The van der Waals surface area contributed by atoms with Crippen molar-refractivity contribution in [3.63, 3.8) is 0 Å². The maximum absolute atomic E-state index is 12.7. The van der Waals surface area contributed by atoms with Gasteiger partial charge in [0.05, 0.1) is 38.2 Å². The van der Waals surface area contributed by atoms with Crippen LogP contribution in [0, 0.1) is 5.92 Å². The Morgan fingerprint density at radius 2 is 1.56 bits per heavy atom. The first-order valence-electron chi connectivity index (χ1n) is 11.3. The molecule has 2 aliphatic rings. The Kier molecular flexibility index (Phi) is 5.80. The molecular weight excluding hydrogens is 464 g/mol. The zero-order chi connectivity index (χ0) is 25.4. The van der Waals surface area contributed by atoms with Crippen LogP contribution < -0.4 is 10.4 Å². The molecule has 2 N–H and O–H groups in total. The van der Waals surface area contributed by atoms with Crippen molar-refractivity contribution in [1.82, 2.24) is 0 Å². The molecule has 8 heteroatoms. The average molecular weight is 488 g/mol. The number of fused-ring (bicyclic) bond motifs is 1. The number of benzene rings is 2. The predicted octanol–water partition coefficient (Wildman–Crippen LogP) is 4.10. The highest BCUT2D eigenvalue weighted by Gasteiger charge is 2.68. The van der Waals surface area contributed by atoms with Gasteiger partial charge in [0.1, 0.15) is 28.8 Å². The van der Waals surface area contributed by atoms with Gasteiger partial charge in [-0.15, -0.1) is 0 Å². The van der Waals surface area contributed by atoms with Crippen LogP contribution in [-0.2, 0) is 14.3 Å². The molecule has 0 spiro atoms. The molecule has 36 heavy (non-hydrogen) atoms. The molecule has 0 unspecified atom stereocenters. The van der Waals surface area contributed by atoms with Crippen LogP contribution >= 0.6 is 0 Å². The fourth-order valence-corrected chi connectivity index (χ4v) is 5.23. The topological polar surface area (TPSA) is 115 Å². The molecule has 184 valence electrons. The van der Waals surface area contributed by atoms with Crippen molar-refractivity contribution >= 4 is 12.0 Å². The van der Waals surface area contributed by atoms with E-state index in [-0.39, 0.29) is 23.2 Å². The van der Waals surface area contributed by atoms with Gasteiger partial charge in [0, 0.05) is 12.0 Å². The van der Waals surface area contributed by atoms with Crippen molar-refractivity contribution < 1.29 is 33.6 Å². The van der Waals surface area contributed by atoms with Crippen LogP contribution in [0.1, 0.15) is 28.7 Å². The van der Waals surface area contributed by atoms with Crippen molar-refractivity contribution in [2.24, 2.45) is 5.92 Å². The molecule has 3 aromatic rings. The number of methoxy groups -OCH3 is 2. The Balaban J connectivity index is 1.71. The lowest BCUT2D eigenvalue weighted by atomic mass is 9.49. The van der Waals surface area contributed by atoms with E-state index >= 15 is 0 Å². The Morgan fingerprint density at radius 3 is 2.19 bits per heavy atom. The second-order valence-electron chi connectivity index (χ2n) is 8.74. The van der Waals surface area contributed by atoms with Crippen molar-refractivity contribution in [2.45, 2.75) is 17.4 Å². The molecular formula is C28H24O8. The van der Waals surface area contributed by atoms with E-state index in [2.05, 4.69) is 0 Å². The second kappa shape index (κ2) is 8.96. The molecule has 1 aromatic heterocycles. The van der Waals surface area contributed by atoms with Crippen LogP contribution in [0.15, 0.2) is 87.8 Å². The van der Waals surface area contributed by atoms with Crippen LogP contribution in [0.25, 0.3) is 6.08 Å². The van der Waals surface area contributed by atoms with Crippen LogP contribution in [0.5, 0.6) is 17.2 Å². The number of hydrogen-bond acceptors (Lipinski definition) is 8. The van der Waals surface area contributed by atoms with E-state index in [1.807, 2.05) is 0 Å². The van der Waals surface area contributed by atoms with Gasteiger partial charge in [-0.2, -0.15) is 0 Å². The zero-order valence-corrected chi connectivity index (χ0v) is 19.6. The molecule has 1 saturated carbocycles. The summed E-state index contributed by atoms with van der Waals surface area (Å²) >= 11 is 0. The number of phenolic OH excluding ortho intramolecular Hbond substituents is 2. The van der Waals surface area contributed by atoms with Crippen molar-refractivity contribution in [3.8, 4) is 17.2 Å². The van der Waals surface area contributed by atoms with Gasteiger partial charge in [-0.1, -0.05) is 30.3 Å². The van der Waals surface area contributed by atoms with Crippen molar-refractivity contribution in [1.29, 1.82) is 0 Å². The molecule has 8 nitrogen and oxygen atoms in total. The summed E-state index contributed by atoms with van der Waals surface area (Å²) in [5, 5.41) is 19.5. The summed E-state index contributed by atoms with van der Waals surface area (Å²) < 4.78 is 22.6. The lowest BCUT2D eigenvalue weighted by molar-refractivity contribution is -0.182. The molecule has 1 aliphatic heterocycles. The predicted molar refractivity (Wildman–Crippen MR) is 130 cm³/mol. The van der Waals surface area contributed by atoms with Crippen LogP contribution in [0.3, 0.4) is 0 Å². The number of rotatable bonds is 6. The third-order valence-electron chi connectivity index (χ3n) is 6.78. The highest BCUT2D eigenvalue weighted by molar-refractivity contribution is 5.85. The summed E-state index contributed by atoms with van der Waals surface area (Å²) in [6.07, 6.45) is 4.88. The molecule has 5 rings (SSSR count). The third kappa shape index (κ3) is 3.90. The lowest BCUT2D eigenvalue weighted by Gasteiger charge is -2.59. The minimum absolute atomic E-state index is 0.110. The van der Waals surface area contributed by atoms with E-state index in [4.69, 9.17) is 18.6 Å². The second-order valence-corrected chi connectivity index (χ2v) is 8.74. The van der Waals surface area contributed by atoms with Gasteiger partial charge >= 0.3 is 11.6 Å². The van der Waals surface area contributed by atoms with E-state index in [9.17, 15) is 19.8 Å². The Morgan fingerprint density at radius 1 is 0.889 bits per heavy atom. The first-order valence-corrected chi connectivity index (χ1v) is 11.3. The summed E-state index contributed by atoms with van der Waals surface area (Å²) in [4.78, 5) is 25.1. The number of hydrogen-bond donors (Lipinski definition) is 2. The summed E-state index contributed by atoms with van der Waals surface area (Å²) in [5.74, 6) is -0.706.